The number of fused-ring (bicyclic) bond motifs is 2. The van der Waals surface area contributed by atoms with Gasteiger partial charge in [0.2, 0.25) is 0 Å². The number of hydrogen-bond donors (Lipinski definition) is 2. The van der Waals surface area contributed by atoms with Crippen molar-refractivity contribution in [3.05, 3.63) is 119 Å². The minimum atomic E-state index is -0.0411. The van der Waals surface area contributed by atoms with Crippen molar-refractivity contribution in [2.45, 2.75) is 52.4 Å². The first kappa shape index (κ1) is 25.8. The highest BCUT2D eigenvalue weighted by Gasteiger charge is 2.29. The second kappa shape index (κ2) is 9.63. The third-order valence-electron chi connectivity index (χ3n) is 7.50. The van der Waals surface area contributed by atoms with Gasteiger partial charge in [-0.1, -0.05) is 114 Å². The molecule has 1 aliphatic heterocycles. The minimum absolute atomic E-state index is 0.0136. The first-order chi connectivity index (χ1) is 19.1. The molecule has 0 spiro atoms. The Morgan fingerprint density at radius 1 is 0.675 bits per heavy atom. The van der Waals surface area contributed by atoms with E-state index in [9.17, 15) is 0 Å². The van der Waals surface area contributed by atoms with Gasteiger partial charge in [0, 0.05) is 22.2 Å². The molecule has 0 bridgehead atoms. The summed E-state index contributed by atoms with van der Waals surface area (Å²) >= 11 is 0. The van der Waals surface area contributed by atoms with Crippen LogP contribution < -0.4 is 5.32 Å². The van der Waals surface area contributed by atoms with Crippen molar-refractivity contribution in [1.82, 2.24) is 4.98 Å². The summed E-state index contributed by atoms with van der Waals surface area (Å²) in [6.45, 7) is 13.4. The van der Waals surface area contributed by atoms with Crippen molar-refractivity contribution in [1.29, 1.82) is 0 Å². The van der Waals surface area contributed by atoms with Gasteiger partial charge in [0.05, 0.1) is 22.8 Å². The molecule has 2 N–H and O–H groups in total. The maximum atomic E-state index is 5.34. The van der Waals surface area contributed by atoms with E-state index in [1.807, 2.05) is 6.07 Å². The monoisotopic (exact) mass is 524 g/mol. The Morgan fingerprint density at radius 2 is 1.30 bits per heavy atom. The normalized spacial score (nSPS) is 14.4. The van der Waals surface area contributed by atoms with Crippen LogP contribution in [0.2, 0.25) is 0 Å². The molecule has 4 heteroatoms. The van der Waals surface area contributed by atoms with E-state index in [-0.39, 0.29) is 10.8 Å². The van der Waals surface area contributed by atoms with Gasteiger partial charge in [0.25, 0.3) is 0 Å². The van der Waals surface area contributed by atoms with Crippen molar-refractivity contribution in [2.24, 2.45) is 9.98 Å². The van der Waals surface area contributed by atoms with E-state index < -0.39 is 0 Å². The molecule has 0 unspecified atom stereocenters. The maximum absolute atomic E-state index is 5.34. The number of nitrogens with one attached hydrogen (secondary N) is 2. The summed E-state index contributed by atoms with van der Waals surface area (Å²) in [6, 6.07) is 33.7. The van der Waals surface area contributed by atoms with E-state index in [0.29, 0.717) is 0 Å². The van der Waals surface area contributed by atoms with Gasteiger partial charge >= 0.3 is 0 Å². The van der Waals surface area contributed by atoms with Crippen molar-refractivity contribution in [3.8, 4) is 0 Å². The van der Waals surface area contributed by atoms with Gasteiger partial charge < -0.3 is 10.3 Å². The fraction of sp³-hybridized carbons (Fsp3) is 0.222. The number of aromatic nitrogens is 1. The molecular weight excluding hydrogens is 488 g/mol. The lowest BCUT2D eigenvalue weighted by Gasteiger charge is -2.24. The van der Waals surface area contributed by atoms with E-state index in [2.05, 4.69) is 143 Å². The zero-order chi connectivity index (χ0) is 28.1. The molecule has 6 rings (SSSR count). The highest BCUT2D eigenvalue weighted by atomic mass is 15.0. The van der Waals surface area contributed by atoms with Crippen molar-refractivity contribution in [3.63, 3.8) is 0 Å². The Hall–Kier alpha value is -4.44. The lowest BCUT2D eigenvalue weighted by atomic mass is 9.85. The number of anilines is 2. The molecule has 40 heavy (non-hydrogen) atoms. The molecule has 0 aliphatic carbocycles. The molecule has 0 saturated heterocycles. The zero-order valence-electron chi connectivity index (χ0n) is 24.1. The van der Waals surface area contributed by atoms with Crippen molar-refractivity contribution >= 4 is 45.1 Å². The van der Waals surface area contributed by atoms with Crippen LogP contribution >= 0.6 is 0 Å². The standard InChI is InChI=1S/C36H36N4/c1-35(2,3)25-17-9-13-21-29(25)39-31-23-15-7-11-19-27(23)37-33(31)34-32(24-16-8-12-20-28(24)38-34)40-30-22-14-10-18-26(30)36(4,5)6/h7-22,37,39H,1-6H3. The molecule has 0 radical (unpaired) electrons. The molecule has 1 aromatic heterocycles. The summed E-state index contributed by atoms with van der Waals surface area (Å²) in [7, 11) is 0. The van der Waals surface area contributed by atoms with Crippen LogP contribution in [0.25, 0.3) is 10.9 Å². The van der Waals surface area contributed by atoms with Crippen LogP contribution in [0.1, 0.15) is 63.9 Å². The molecule has 2 heterocycles. The first-order valence-electron chi connectivity index (χ1n) is 14.0. The lowest BCUT2D eigenvalue weighted by Crippen LogP contribution is -2.17. The number of benzene rings is 4. The molecule has 5 aromatic rings. The van der Waals surface area contributed by atoms with Crippen LogP contribution in [0.5, 0.6) is 0 Å². The summed E-state index contributed by atoms with van der Waals surface area (Å²) in [5, 5.41) is 4.95. The summed E-state index contributed by atoms with van der Waals surface area (Å²) in [5.41, 5.74) is 11.2. The molecule has 0 fully saturated rings. The smallest absolute Gasteiger partial charge is 0.116 e. The molecule has 0 atom stereocenters. The summed E-state index contributed by atoms with van der Waals surface area (Å²) in [6.07, 6.45) is 0. The van der Waals surface area contributed by atoms with Crippen LogP contribution in [0.15, 0.2) is 107 Å². The molecular formula is C36H36N4. The first-order valence-corrected chi connectivity index (χ1v) is 14.0. The molecule has 0 saturated carbocycles. The molecule has 1 aliphatic rings. The van der Waals surface area contributed by atoms with E-state index >= 15 is 0 Å². The SMILES string of the molecule is CC(C)(C)c1ccccc1N=C1C(c2[nH]c3ccccc3c2Nc2ccccc2C(C)(C)C)=Nc2ccccc21. The topological polar surface area (TPSA) is 52.5 Å². The van der Waals surface area contributed by atoms with Gasteiger partial charge in [-0.2, -0.15) is 0 Å². The van der Waals surface area contributed by atoms with Crippen molar-refractivity contribution < 1.29 is 0 Å². The number of aromatic amines is 1. The molecule has 200 valence electrons. The Bertz CT molecular complexity index is 1790. The Kier molecular flexibility index (Phi) is 6.22. The van der Waals surface area contributed by atoms with Gasteiger partial charge in [0.15, 0.2) is 0 Å². The predicted octanol–water partition coefficient (Wildman–Crippen LogP) is 9.76. The second-order valence-electron chi connectivity index (χ2n) is 12.5. The Balaban J connectivity index is 1.57. The molecule has 4 nitrogen and oxygen atoms in total. The lowest BCUT2D eigenvalue weighted by molar-refractivity contribution is 0.591. The van der Waals surface area contributed by atoms with Crippen LogP contribution in [0.4, 0.5) is 22.7 Å². The van der Waals surface area contributed by atoms with E-state index in [1.54, 1.807) is 0 Å². The van der Waals surface area contributed by atoms with Gasteiger partial charge in [-0.3, -0.25) is 0 Å². The number of para-hydroxylation sites is 4. The van der Waals surface area contributed by atoms with Crippen LogP contribution in [-0.4, -0.2) is 16.4 Å². The highest BCUT2D eigenvalue weighted by Crippen LogP contribution is 2.40. The number of rotatable bonds is 4. The maximum Gasteiger partial charge on any atom is 0.116 e. The number of aliphatic imine (C=N–C) groups is 2. The largest absolute Gasteiger partial charge is 0.353 e. The van der Waals surface area contributed by atoms with Gasteiger partial charge in [0.1, 0.15) is 11.4 Å². The Morgan fingerprint density at radius 3 is 2.08 bits per heavy atom. The van der Waals surface area contributed by atoms with Gasteiger partial charge in [-0.05, 0) is 46.2 Å². The van der Waals surface area contributed by atoms with Gasteiger partial charge in [-0.15, -0.1) is 0 Å². The van der Waals surface area contributed by atoms with Gasteiger partial charge in [-0.25, -0.2) is 9.98 Å². The number of hydrogen-bond acceptors (Lipinski definition) is 3. The number of nitrogens with zero attached hydrogens (tertiary/aromatic N) is 2. The zero-order valence-corrected chi connectivity index (χ0v) is 24.1. The second-order valence-corrected chi connectivity index (χ2v) is 12.5. The fourth-order valence-corrected chi connectivity index (χ4v) is 5.52. The third kappa shape index (κ3) is 4.64. The quantitative estimate of drug-likeness (QED) is 0.241. The van der Waals surface area contributed by atoms with Crippen LogP contribution in [0.3, 0.4) is 0 Å². The Labute approximate surface area is 236 Å². The highest BCUT2D eigenvalue weighted by molar-refractivity contribution is 6.58. The van der Waals surface area contributed by atoms with Crippen molar-refractivity contribution in [2.75, 3.05) is 5.32 Å². The number of H-pyrrole nitrogens is 1. The summed E-state index contributed by atoms with van der Waals surface area (Å²) in [5.74, 6) is 0. The molecule has 0 amide bonds. The summed E-state index contributed by atoms with van der Waals surface area (Å²) in [4.78, 5) is 14.2. The van der Waals surface area contributed by atoms with E-state index in [0.717, 1.165) is 56.3 Å². The average molecular weight is 525 g/mol. The molecule has 4 aromatic carbocycles. The summed E-state index contributed by atoms with van der Waals surface area (Å²) < 4.78 is 0. The minimum Gasteiger partial charge on any atom is -0.353 e. The average Bonchev–Trinajstić information content (AvgIpc) is 3.46. The van der Waals surface area contributed by atoms with E-state index in [1.165, 1.54) is 11.1 Å². The van der Waals surface area contributed by atoms with E-state index in [4.69, 9.17) is 9.98 Å². The third-order valence-corrected chi connectivity index (χ3v) is 7.50. The predicted molar refractivity (Wildman–Crippen MR) is 171 cm³/mol. The van der Waals surface area contributed by atoms with Crippen LogP contribution in [0, 0.1) is 0 Å². The fourth-order valence-electron chi connectivity index (χ4n) is 5.52. The van der Waals surface area contributed by atoms with Crippen LogP contribution in [-0.2, 0) is 10.8 Å².